The highest BCUT2D eigenvalue weighted by Gasteiger charge is 2.17. The molecule has 0 aromatic heterocycles. The Morgan fingerprint density at radius 2 is 2.08 bits per heavy atom. The SMILES string of the molecule is CC(C(=O)O)c1ccc(F)cc1F. The lowest BCUT2D eigenvalue weighted by molar-refractivity contribution is -0.138. The standard InChI is InChI=1S/C9H8F2O2/c1-5(9(12)13)7-3-2-6(10)4-8(7)11/h2-5H,1H3,(H,12,13). The van der Waals surface area contributed by atoms with Crippen LogP contribution in [0, 0.1) is 11.6 Å². The molecule has 1 rings (SSSR count). The molecule has 0 saturated carbocycles. The van der Waals surface area contributed by atoms with E-state index in [1.165, 1.54) is 6.92 Å². The van der Waals surface area contributed by atoms with E-state index in [4.69, 9.17) is 5.11 Å². The van der Waals surface area contributed by atoms with Gasteiger partial charge in [-0.3, -0.25) is 4.79 Å². The highest BCUT2D eigenvalue weighted by molar-refractivity contribution is 5.75. The van der Waals surface area contributed by atoms with Gasteiger partial charge in [0, 0.05) is 11.6 Å². The molecule has 0 amide bonds. The van der Waals surface area contributed by atoms with Gasteiger partial charge in [-0.1, -0.05) is 6.07 Å². The molecule has 1 N–H and O–H groups in total. The van der Waals surface area contributed by atoms with Gasteiger partial charge >= 0.3 is 5.97 Å². The van der Waals surface area contributed by atoms with E-state index in [9.17, 15) is 13.6 Å². The molecule has 13 heavy (non-hydrogen) atoms. The molecule has 1 aromatic rings. The topological polar surface area (TPSA) is 37.3 Å². The van der Waals surface area contributed by atoms with Crippen LogP contribution in [0.15, 0.2) is 18.2 Å². The summed E-state index contributed by atoms with van der Waals surface area (Å²) in [7, 11) is 0. The second-order valence-electron chi connectivity index (χ2n) is 2.73. The molecular formula is C9H8F2O2. The molecule has 0 heterocycles. The lowest BCUT2D eigenvalue weighted by Gasteiger charge is -2.06. The first kappa shape index (κ1) is 9.64. The molecule has 1 atom stereocenters. The normalized spacial score (nSPS) is 12.5. The number of rotatable bonds is 2. The second kappa shape index (κ2) is 3.51. The quantitative estimate of drug-likeness (QED) is 0.768. The minimum absolute atomic E-state index is 0.00565. The second-order valence-corrected chi connectivity index (χ2v) is 2.73. The molecule has 0 aliphatic heterocycles. The van der Waals surface area contributed by atoms with E-state index in [0.29, 0.717) is 6.07 Å². The molecule has 1 unspecified atom stereocenters. The Bertz CT molecular complexity index is 336. The van der Waals surface area contributed by atoms with Crippen LogP contribution < -0.4 is 0 Å². The van der Waals surface area contributed by atoms with Gasteiger partial charge in [-0.05, 0) is 13.0 Å². The average Bonchev–Trinajstić information content (AvgIpc) is 2.03. The molecule has 2 nitrogen and oxygen atoms in total. The summed E-state index contributed by atoms with van der Waals surface area (Å²) in [6, 6.07) is 2.86. The van der Waals surface area contributed by atoms with Crippen molar-refractivity contribution in [2.24, 2.45) is 0 Å². The third-order valence-corrected chi connectivity index (χ3v) is 1.80. The first-order valence-electron chi connectivity index (χ1n) is 3.70. The zero-order chi connectivity index (χ0) is 10.0. The Kier molecular flexibility index (Phi) is 2.60. The molecule has 70 valence electrons. The van der Waals surface area contributed by atoms with Gasteiger partial charge < -0.3 is 5.11 Å². The maximum absolute atomic E-state index is 13.0. The summed E-state index contributed by atoms with van der Waals surface area (Å²) < 4.78 is 25.4. The van der Waals surface area contributed by atoms with Crippen molar-refractivity contribution in [3.8, 4) is 0 Å². The van der Waals surface area contributed by atoms with E-state index in [-0.39, 0.29) is 5.56 Å². The summed E-state index contributed by atoms with van der Waals surface area (Å²) in [5, 5.41) is 8.57. The van der Waals surface area contributed by atoms with Crippen molar-refractivity contribution < 1.29 is 18.7 Å². The van der Waals surface area contributed by atoms with Gasteiger partial charge in [0.15, 0.2) is 0 Å². The zero-order valence-corrected chi connectivity index (χ0v) is 6.92. The van der Waals surface area contributed by atoms with Crippen LogP contribution in [-0.4, -0.2) is 11.1 Å². The third-order valence-electron chi connectivity index (χ3n) is 1.80. The lowest BCUT2D eigenvalue weighted by atomic mass is 10.0. The number of benzene rings is 1. The Morgan fingerprint density at radius 3 is 2.54 bits per heavy atom. The van der Waals surface area contributed by atoms with Crippen LogP contribution in [0.5, 0.6) is 0 Å². The summed E-state index contributed by atoms with van der Waals surface area (Å²) in [6.45, 7) is 1.35. The predicted octanol–water partition coefficient (Wildman–Crippen LogP) is 2.15. The summed E-state index contributed by atoms with van der Waals surface area (Å²) >= 11 is 0. The number of carboxylic acids is 1. The number of carboxylic acid groups (broad SMARTS) is 1. The van der Waals surface area contributed by atoms with Crippen LogP contribution in [0.1, 0.15) is 18.4 Å². The van der Waals surface area contributed by atoms with Crippen LogP contribution >= 0.6 is 0 Å². The summed E-state index contributed by atoms with van der Waals surface area (Å²) in [6.07, 6.45) is 0. The number of hydrogen-bond donors (Lipinski definition) is 1. The van der Waals surface area contributed by atoms with Crippen molar-refractivity contribution in [1.82, 2.24) is 0 Å². The summed E-state index contributed by atoms with van der Waals surface area (Å²) in [4.78, 5) is 10.5. The largest absolute Gasteiger partial charge is 0.481 e. The van der Waals surface area contributed by atoms with Crippen molar-refractivity contribution in [3.05, 3.63) is 35.4 Å². The van der Waals surface area contributed by atoms with Gasteiger partial charge in [0.2, 0.25) is 0 Å². The van der Waals surface area contributed by atoms with Crippen LogP contribution in [0.4, 0.5) is 8.78 Å². The maximum Gasteiger partial charge on any atom is 0.310 e. The van der Waals surface area contributed by atoms with E-state index in [0.717, 1.165) is 12.1 Å². The Balaban J connectivity index is 3.08. The van der Waals surface area contributed by atoms with E-state index in [1.807, 2.05) is 0 Å². The number of carbonyl (C=O) groups is 1. The Labute approximate surface area is 73.8 Å². The Morgan fingerprint density at radius 1 is 1.46 bits per heavy atom. The molecule has 0 fully saturated rings. The molecule has 4 heteroatoms. The van der Waals surface area contributed by atoms with Crippen molar-refractivity contribution in [3.63, 3.8) is 0 Å². The molecule has 0 bridgehead atoms. The minimum atomic E-state index is -1.13. The lowest BCUT2D eigenvalue weighted by Crippen LogP contribution is -2.09. The van der Waals surface area contributed by atoms with Gasteiger partial charge in [-0.25, -0.2) is 8.78 Å². The third kappa shape index (κ3) is 2.02. The van der Waals surface area contributed by atoms with Gasteiger partial charge in [-0.2, -0.15) is 0 Å². The molecule has 0 spiro atoms. The van der Waals surface area contributed by atoms with Crippen LogP contribution in [0.2, 0.25) is 0 Å². The monoisotopic (exact) mass is 186 g/mol. The van der Waals surface area contributed by atoms with Crippen molar-refractivity contribution in [2.75, 3.05) is 0 Å². The fraction of sp³-hybridized carbons (Fsp3) is 0.222. The van der Waals surface area contributed by atoms with Crippen molar-refractivity contribution in [1.29, 1.82) is 0 Å². The van der Waals surface area contributed by atoms with E-state index in [2.05, 4.69) is 0 Å². The van der Waals surface area contributed by atoms with Crippen molar-refractivity contribution >= 4 is 5.97 Å². The number of hydrogen-bond acceptors (Lipinski definition) is 1. The molecule has 0 aliphatic carbocycles. The molecule has 1 aromatic carbocycles. The predicted molar refractivity (Wildman–Crippen MR) is 42.4 cm³/mol. The van der Waals surface area contributed by atoms with E-state index >= 15 is 0 Å². The number of halogens is 2. The van der Waals surface area contributed by atoms with Crippen LogP contribution in [-0.2, 0) is 4.79 Å². The Hall–Kier alpha value is -1.45. The smallest absolute Gasteiger partial charge is 0.310 e. The number of aliphatic carboxylic acids is 1. The molecule has 0 aliphatic rings. The fourth-order valence-electron chi connectivity index (χ4n) is 0.986. The summed E-state index contributed by atoms with van der Waals surface area (Å²) in [5.41, 5.74) is -0.00565. The van der Waals surface area contributed by atoms with Crippen LogP contribution in [0.3, 0.4) is 0 Å². The highest BCUT2D eigenvalue weighted by atomic mass is 19.1. The van der Waals surface area contributed by atoms with Crippen LogP contribution in [0.25, 0.3) is 0 Å². The van der Waals surface area contributed by atoms with Gasteiger partial charge in [0.25, 0.3) is 0 Å². The molecule has 0 saturated heterocycles. The molecule has 0 radical (unpaired) electrons. The zero-order valence-electron chi connectivity index (χ0n) is 6.92. The fourth-order valence-corrected chi connectivity index (χ4v) is 0.986. The van der Waals surface area contributed by atoms with Crippen molar-refractivity contribution in [2.45, 2.75) is 12.8 Å². The van der Waals surface area contributed by atoms with Gasteiger partial charge in [0.05, 0.1) is 5.92 Å². The first-order chi connectivity index (χ1) is 6.02. The van der Waals surface area contributed by atoms with Gasteiger partial charge in [0.1, 0.15) is 11.6 Å². The average molecular weight is 186 g/mol. The van der Waals surface area contributed by atoms with Gasteiger partial charge in [-0.15, -0.1) is 0 Å². The summed E-state index contributed by atoms with van der Waals surface area (Å²) in [5.74, 6) is -3.63. The van der Waals surface area contributed by atoms with E-state index < -0.39 is 23.5 Å². The highest BCUT2D eigenvalue weighted by Crippen LogP contribution is 2.19. The van der Waals surface area contributed by atoms with E-state index in [1.54, 1.807) is 0 Å². The molecular weight excluding hydrogens is 178 g/mol. The maximum atomic E-state index is 13.0. The minimum Gasteiger partial charge on any atom is -0.481 e. The first-order valence-corrected chi connectivity index (χ1v) is 3.70.